The zero-order chi connectivity index (χ0) is 20.5. The number of para-hydroxylation sites is 1. The Morgan fingerprint density at radius 3 is 2.28 bits per heavy atom. The number of benzene rings is 2. The van der Waals surface area contributed by atoms with Gasteiger partial charge in [-0.05, 0) is 42.0 Å². The Morgan fingerprint density at radius 1 is 0.828 bits per heavy atom. The third-order valence-electron chi connectivity index (χ3n) is 3.83. The van der Waals surface area contributed by atoms with Crippen molar-refractivity contribution in [3.8, 4) is 5.75 Å². The Morgan fingerprint density at radius 2 is 1.59 bits per heavy atom. The van der Waals surface area contributed by atoms with Crippen LogP contribution in [0.4, 0.5) is 0 Å². The van der Waals surface area contributed by atoms with Crippen LogP contribution in [0.3, 0.4) is 0 Å². The van der Waals surface area contributed by atoms with Gasteiger partial charge in [-0.25, -0.2) is 0 Å². The average molecular weight is 393 g/mol. The maximum Gasteiger partial charge on any atom is 0.287 e. The zero-order valence-electron chi connectivity index (χ0n) is 15.4. The average Bonchev–Trinajstić information content (AvgIpc) is 3.30. The number of hydrogen-bond acceptors (Lipinski definition) is 5. The zero-order valence-corrected chi connectivity index (χ0v) is 15.4. The number of carbonyl (C=O) groups excluding carboxylic acids is 3. The highest BCUT2D eigenvalue weighted by Crippen LogP contribution is 2.12. The topological polar surface area (TPSA) is 110 Å². The van der Waals surface area contributed by atoms with Crippen molar-refractivity contribution in [1.82, 2.24) is 16.2 Å². The van der Waals surface area contributed by atoms with Gasteiger partial charge in [0.05, 0.1) is 12.8 Å². The van der Waals surface area contributed by atoms with E-state index in [9.17, 15) is 14.4 Å². The second-order valence-electron chi connectivity index (χ2n) is 5.96. The van der Waals surface area contributed by atoms with Crippen molar-refractivity contribution < 1.29 is 23.5 Å². The van der Waals surface area contributed by atoms with Gasteiger partial charge in [-0.15, -0.1) is 0 Å². The maximum atomic E-state index is 12.1. The van der Waals surface area contributed by atoms with Gasteiger partial charge < -0.3 is 14.5 Å². The lowest BCUT2D eigenvalue weighted by Crippen LogP contribution is -2.46. The first-order valence-corrected chi connectivity index (χ1v) is 8.79. The van der Waals surface area contributed by atoms with Crippen LogP contribution in [0.2, 0.25) is 0 Å². The number of rotatable bonds is 7. The summed E-state index contributed by atoms with van der Waals surface area (Å²) in [6, 6.07) is 19.2. The number of furan rings is 1. The number of ether oxygens (including phenoxy) is 1. The third kappa shape index (κ3) is 5.96. The smallest absolute Gasteiger partial charge is 0.287 e. The van der Waals surface area contributed by atoms with Gasteiger partial charge in [-0.3, -0.25) is 25.2 Å². The van der Waals surface area contributed by atoms with Crippen LogP contribution in [-0.2, 0) is 11.4 Å². The fourth-order valence-corrected chi connectivity index (χ4v) is 2.33. The summed E-state index contributed by atoms with van der Waals surface area (Å²) in [5.74, 6) is -0.725. The molecule has 0 saturated carbocycles. The normalized spacial score (nSPS) is 10.1. The van der Waals surface area contributed by atoms with E-state index in [2.05, 4.69) is 16.2 Å². The molecule has 3 amide bonds. The molecule has 3 N–H and O–H groups in total. The number of hydrogen-bond donors (Lipinski definition) is 3. The second-order valence-corrected chi connectivity index (χ2v) is 5.96. The van der Waals surface area contributed by atoms with E-state index in [1.54, 1.807) is 30.3 Å². The Balaban J connectivity index is 1.40. The van der Waals surface area contributed by atoms with E-state index in [4.69, 9.17) is 9.15 Å². The molecule has 0 radical (unpaired) electrons. The number of hydrazine groups is 1. The summed E-state index contributed by atoms with van der Waals surface area (Å²) in [5, 5.41) is 2.37. The number of carbonyl (C=O) groups is 3. The summed E-state index contributed by atoms with van der Waals surface area (Å²) in [6.07, 6.45) is 1.36. The van der Waals surface area contributed by atoms with Crippen molar-refractivity contribution in [1.29, 1.82) is 0 Å². The van der Waals surface area contributed by atoms with Crippen LogP contribution in [0, 0.1) is 0 Å². The van der Waals surface area contributed by atoms with Crippen LogP contribution in [0.25, 0.3) is 0 Å². The molecule has 0 saturated heterocycles. The molecular weight excluding hydrogens is 374 g/mol. The van der Waals surface area contributed by atoms with E-state index in [1.807, 2.05) is 30.3 Å². The van der Waals surface area contributed by atoms with Crippen LogP contribution in [-0.4, -0.2) is 24.3 Å². The fraction of sp³-hybridized carbons (Fsp3) is 0.0952. The predicted molar refractivity (Wildman–Crippen MR) is 104 cm³/mol. The molecule has 2 aromatic carbocycles. The molecular formula is C21H19N3O5. The Bertz CT molecular complexity index is 954. The standard InChI is InChI=1S/C21H19N3O5/c25-19(13-22-21(27)18-7-4-12-28-18)23-24-20(26)16-10-8-15(9-11-16)14-29-17-5-2-1-3-6-17/h1-12H,13-14H2,(H,22,27)(H,23,25)(H,24,26). The van der Waals surface area contributed by atoms with Gasteiger partial charge in [-0.2, -0.15) is 0 Å². The summed E-state index contributed by atoms with van der Waals surface area (Å²) in [5.41, 5.74) is 5.79. The second kappa shape index (κ2) is 9.75. The molecule has 0 unspecified atom stereocenters. The van der Waals surface area contributed by atoms with Gasteiger partial charge in [0.2, 0.25) is 0 Å². The van der Waals surface area contributed by atoms with E-state index >= 15 is 0 Å². The Kier molecular flexibility index (Phi) is 6.62. The van der Waals surface area contributed by atoms with E-state index in [-0.39, 0.29) is 12.3 Å². The van der Waals surface area contributed by atoms with Gasteiger partial charge in [-0.1, -0.05) is 30.3 Å². The molecule has 29 heavy (non-hydrogen) atoms. The van der Waals surface area contributed by atoms with E-state index in [1.165, 1.54) is 12.3 Å². The summed E-state index contributed by atoms with van der Waals surface area (Å²) in [7, 11) is 0. The van der Waals surface area contributed by atoms with Gasteiger partial charge in [0.15, 0.2) is 5.76 Å². The van der Waals surface area contributed by atoms with Crippen LogP contribution in [0.15, 0.2) is 77.4 Å². The van der Waals surface area contributed by atoms with Crippen LogP contribution >= 0.6 is 0 Å². The molecule has 0 aliphatic carbocycles. The van der Waals surface area contributed by atoms with Gasteiger partial charge in [0, 0.05) is 5.56 Å². The van der Waals surface area contributed by atoms with E-state index in [0.29, 0.717) is 12.2 Å². The first-order valence-electron chi connectivity index (χ1n) is 8.79. The highest BCUT2D eigenvalue weighted by molar-refractivity contribution is 5.97. The van der Waals surface area contributed by atoms with Crippen molar-refractivity contribution in [2.45, 2.75) is 6.61 Å². The van der Waals surface area contributed by atoms with Crippen LogP contribution < -0.4 is 20.9 Å². The van der Waals surface area contributed by atoms with Gasteiger partial charge >= 0.3 is 0 Å². The van der Waals surface area contributed by atoms with Crippen molar-refractivity contribution >= 4 is 17.7 Å². The molecule has 0 spiro atoms. The monoisotopic (exact) mass is 393 g/mol. The molecule has 8 nitrogen and oxygen atoms in total. The SMILES string of the molecule is O=C(CNC(=O)c1ccco1)NNC(=O)c1ccc(COc2ccccc2)cc1. The molecule has 148 valence electrons. The van der Waals surface area contributed by atoms with Crippen molar-refractivity contribution in [3.63, 3.8) is 0 Å². The molecule has 0 atom stereocenters. The molecule has 0 fully saturated rings. The summed E-state index contributed by atoms with van der Waals surface area (Å²) in [4.78, 5) is 35.5. The Labute approximate surface area is 166 Å². The summed E-state index contributed by atoms with van der Waals surface area (Å²) >= 11 is 0. The van der Waals surface area contributed by atoms with Crippen molar-refractivity contribution in [2.75, 3.05) is 6.54 Å². The van der Waals surface area contributed by atoms with E-state index in [0.717, 1.165) is 11.3 Å². The first kappa shape index (κ1) is 19.7. The molecule has 0 bridgehead atoms. The summed E-state index contributed by atoms with van der Waals surface area (Å²) < 4.78 is 10.6. The van der Waals surface area contributed by atoms with Crippen molar-refractivity contribution in [2.24, 2.45) is 0 Å². The lowest BCUT2D eigenvalue weighted by atomic mass is 10.1. The number of nitrogens with one attached hydrogen (secondary N) is 3. The highest BCUT2D eigenvalue weighted by atomic mass is 16.5. The Hall–Kier alpha value is -4.07. The van der Waals surface area contributed by atoms with Crippen LogP contribution in [0.1, 0.15) is 26.5 Å². The van der Waals surface area contributed by atoms with E-state index < -0.39 is 17.7 Å². The minimum atomic E-state index is -0.578. The molecule has 3 rings (SSSR count). The van der Waals surface area contributed by atoms with Crippen LogP contribution in [0.5, 0.6) is 5.75 Å². The lowest BCUT2D eigenvalue weighted by molar-refractivity contribution is -0.120. The number of amides is 3. The van der Waals surface area contributed by atoms with Gasteiger partial charge in [0.25, 0.3) is 17.7 Å². The molecule has 8 heteroatoms. The quantitative estimate of drug-likeness (QED) is 0.532. The largest absolute Gasteiger partial charge is 0.489 e. The van der Waals surface area contributed by atoms with Gasteiger partial charge in [0.1, 0.15) is 12.4 Å². The highest BCUT2D eigenvalue weighted by Gasteiger charge is 2.11. The first-order chi connectivity index (χ1) is 14.1. The predicted octanol–water partition coefficient (Wildman–Crippen LogP) is 2.05. The lowest BCUT2D eigenvalue weighted by Gasteiger charge is -2.09. The molecule has 0 aliphatic heterocycles. The molecule has 1 heterocycles. The molecule has 1 aromatic heterocycles. The fourth-order valence-electron chi connectivity index (χ4n) is 2.33. The minimum Gasteiger partial charge on any atom is -0.489 e. The molecule has 3 aromatic rings. The summed E-state index contributed by atoms with van der Waals surface area (Å²) in [6.45, 7) is 0.0631. The third-order valence-corrected chi connectivity index (χ3v) is 3.83. The minimum absolute atomic E-state index is 0.0955. The van der Waals surface area contributed by atoms with Crippen molar-refractivity contribution in [3.05, 3.63) is 89.9 Å². The maximum absolute atomic E-state index is 12.1. The molecule has 0 aliphatic rings.